The summed E-state index contributed by atoms with van der Waals surface area (Å²) < 4.78 is 0. The van der Waals surface area contributed by atoms with E-state index in [0.717, 1.165) is 10.6 Å². The number of hydrogen-bond donors (Lipinski definition) is 0. The van der Waals surface area contributed by atoms with Crippen molar-refractivity contribution in [3.63, 3.8) is 0 Å². The normalized spacial score (nSPS) is 20.8. The lowest BCUT2D eigenvalue weighted by Crippen LogP contribution is -2.17. The molecular formula is C15H19Cl. The van der Waals surface area contributed by atoms with E-state index < -0.39 is 0 Å². The number of allylic oxidation sites excluding steroid dienone is 1. The molecule has 1 saturated carbocycles. The molecule has 86 valence electrons. The molecule has 0 unspecified atom stereocenters. The van der Waals surface area contributed by atoms with Gasteiger partial charge in [-0.3, -0.25) is 0 Å². The van der Waals surface area contributed by atoms with Crippen LogP contribution in [0.3, 0.4) is 0 Å². The Morgan fingerprint density at radius 2 is 1.75 bits per heavy atom. The molecule has 0 aromatic heterocycles. The van der Waals surface area contributed by atoms with E-state index in [1.807, 2.05) is 18.2 Å². The van der Waals surface area contributed by atoms with Crippen molar-refractivity contribution in [2.75, 3.05) is 0 Å². The van der Waals surface area contributed by atoms with Gasteiger partial charge in [-0.1, -0.05) is 74.2 Å². The highest BCUT2D eigenvalue weighted by molar-refractivity contribution is 6.48. The first kappa shape index (κ1) is 11.7. The van der Waals surface area contributed by atoms with Crippen molar-refractivity contribution < 1.29 is 0 Å². The fourth-order valence-electron chi connectivity index (χ4n) is 2.49. The predicted octanol–water partition coefficient (Wildman–Crippen LogP) is 5.24. The molecular weight excluding hydrogens is 216 g/mol. The van der Waals surface area contributed by atoms with Gasteiger partial charge >= 0.3 is 0 Å². The summed E-state index contributed by atoms with van der Waals surface area (Å²) in [5.74, 6) is 0. The van der Waals surface area contributed by atoms with Gasteiger partial charge in [0.25, 0.3) is 0 Å². The van der Waals surface area contributed by atoms with Crippen molar-refractivity contribution in [2.24, 2.45) is 5.41 Å². The molecule has 0 nitrogen and oxygen atoms in total. The molecule has 2 rings (SSSR count). The Labute approximate surface area is 103 Å². The lowest BCUT2D eigenvalue weighted by Gasteiger charge is -2.30. The lowest BCUT2D eigenvalue weighted by molar-refractivity contribution is 0.287. The predicted molar refractivity (Wildman–Crippen MR) is 71.5 cm³/mol. The summed E-state index contributed by atoms with van der Waals surface area (Å²) in [4.78, 5) is 0. The Hall–Kier alpha value is -0.750. The van der Waals surface area contributed by atoms with Gasteiger partial charge in [-0.25, -0.2) is 0 Å². The van der Waals surface area contributed by atoms with Crippen molar-refractivity contribution in [1.29, 1.82) is 0 Å². The second kappa shape index (κ2) is 5.05. The van der Waals surface area contributed by atoms with E-state index in [-0.39, 0.29) is 0 Å². The van der Waals surface area contributed by atoms with Crippen molar-refractivity contribution in [2.45, 2.75) is 39.0 Å². The van der Waals surface area contributed by atoms with E-state index >= 15 is 0 Å². The van der Waals surface area contributed by atoms with Crippen LogP contribution in [0.4, 0.5) is 0 Å². The Morgan fingerprint density at radius 1 is 1.12 bits per heavy atom. The van der Waals surface area contributed by atoms with E-state index in [0.29, 0.717) is 5.41 Å². The maximum Gasteiger partial charge on any atom is 0.0444 e. The number of halogens is 1. The molecule has 0 aliphatic heterocycles. The Morgan fingerprint density at radius 3 is 2.38 bits per heavy atom. The van der Waals surface area contributed by atoms with Crippen molar-refractivity contribution in [3.05, 3.63) is 42.0 Å². The molecule has 1 aromatic carbocycles. The highest BCUT2D eigenvalue weighted by Crippen LogP contribution is 2.39. The molecule has 0 heterocycles. The topological polar surface area (TPSA) is 0 Å². The SMILES string of the molecule is CC1(/C=C(/Cl)c2ccccc2)CCCCC1. The number of rotatable bonds is 2. The van der Waals surface area contributed by atoms with Crippen LogP contribution in [0.2, 0.25) is 0 Å². The van der Waals surface area contributed by atoms with Crippen molar-refractivity contribution in [1.82, 2.24) is 0 Å². The van der Waals surface area contributed by atoms with Gasteiger partial charge in [0.05, 0.1) is 0 Å². The van der Waals surface area contributed by atoms with Crippen LogP contribution in [-0.2, 0) is 0 Å². The molecule has 1 heteroatoms. The first-order chi connectivity index (χ1) is 7.70. The molecule has 1 fully saturated rings. The quantitative estimate of drug-likeness (QED) is 0.657. The summed E-state index contributed by atoms with van der Waals surface area (Å²) in [6.07, 6.45) is 8.87. The van der Waals surface area contributed by atoms with Gasteiger partial charge in [0.2, 0.25) is 0 Å². The summed E-state index contributed by atoms with van der Waals surface area (Å²) in [6.45, 7) is 2.33. The summed E-state index contributed by atoms with van der Waals surface area (Å²) in [6, 6.07) is 10.2. The molecule has 0 bridgehead atoms. The van der Waals surface area contributed by atoms with Crippen LogP contribution in [0, 0.1) is 5.41 Å². The third kappa shape index (κ3) is 2.89. The van der Waals surface area contributed by atoms with Gasteiger partial charge in [0.15, 0.2) is 0 Å². The van der Waals surface area contributed by atoms with Crippen LogP contribution >= 0.6 is 11.6 Å². The van der Waals surface area contributed by atoms with Gasteiger partial charge in [0, 0.05) is 5.03 Å². The monoisotopic (exact) mass is 234 g/mol. The Bertz CT molecular complexity index is 358. The highest BCUT2D eigenvalue weighted by atomic mass is 35.5. The van der Waals surface area contributed by atoms with Crippen LogP contribution in [0.15, 0.2) is 36.4 Å². The first-order valence-corrected chi connectivity index (χ1v) is 6.51. The van der Waals surface area contributed by atoms with Crippen LogP contribution < -0.4 is 0 Å². The zero-order valence-corrected chi connectivity index (χ0v) is 10.6. The van der Waals surface area contributed by atoms with Gasteiger partial charge in [-0.15, -0.1) is 0 Å². The van der Waals surface area contributed by atoms with Crippen molar-refractivity contribution >= 4 is 16.6 Å². The second-order valence-corrected chi connectivity index (χ2v) is 5.48. The molecule has 0 radical (unpaired) electrons. The third-order valence-corrected chi connectivity index (χ3v) is 3.85. The minimum Gasteiger partial charge on any atom is -0.0840 e. The molecule has 16 heavy (non-hydrogen) atoms. The van der Waals surface area contributed by atoms with Gasteiger partial charge in [-0.05, 0) is 23.8 Å². The smallest absolute Gasteiger partial charge is 0.0444 e. The summed E-state index contributed by atoms with van der Waals surface area (Å²) >= 11 is 6.39. The van der Waals surface area contributed by atoms with E-state index in [9.17, 15) is 0 Å². The first-order valence-electron chi connectivity index (χ1n) is 6.13. The standard InChI is InChI=1S/C15H19Cl/c1-15(10-6-3-7-11-15)12-14(16)13-8-4-2-5-9-13/h2,4-5,8-9,12H,3,6-7,10-11H2,1H3/b14-12+. The average Bonchev–Trinajstić information content (AvgIpc) is 2.30. The van der Waals surface area contributed by atoms with Gasteiger partial charge in [-0.2, -0.15) is 0 Å². The zero-order chi connectivity index (χ0) is 11.4. The molecule has 1 aromatic rings. The minimum atomic E-state index is 0.311. The van der Waals surface area contributed by atoms with Gasteiger partial charge in [0.1, 0.15) is 0 Å². The van der Waals surface area contributed by atoms with Crippen LogP contribution in [0.1, 0.15) is 44.6 Å². The van der Waals surface area contributed by atoms with Gasteiger partial charge < -0.3 is 0 Å². The van der Waals surface area contributed by atoms with Crippen LogP contribution in [-0.4, -0.2) is 0 Å². The summed E-state index contributed by atoms with van der Waals surface area (Å²) in [5.41, 5.74) is 1.45. The number of hydrogen-bond acceptors (Lipinski definition) is 0. The van der Waals surface area contributed by atoms with Crippen LogP contribution in [0.25, 0.3) is 5.03 Å². The van der Waals surface area contributed by atoms with Crippen molar-refractivity contribution in [3.8, 4) is 0 Å². The maximum absolute atomic E-state index is 6.39. The molecule has 1 aliphatic rings. The highest BCUT2D eigenvalue weighted by Gasteiger charge is 2.24. The fraction of sp³-hybridized carbons (Fsp3) is 0.467. The lowest BCUT2D eigenvalue weighted by atomic mass is 9.75. The molecule has 0 atom stereocenters. The maximum atomic E-state index is 6.39. The molecule has 1 aliphatic carbocycles. The van der Waals surface area contributed by atoms with E-state index in [1.165, 1.54) is 32.1 Å². The number of benzene rings is 1. The zero-order valence-electron chi connectivity index (χ0n) is 9.88. The Balaban J connectivity index is 2.17. The average molecular weight is 235 g/mol. The molecule has 0 spiro atoms. The second-order valence-electron chi connectivity index (χ2n) is 5.07. The largest absolute Gasteiger partial charge is 0.0840 e. The summed E-state index contributed by atoms with van der Waals surface area (Å²) in [7, 11) is 0. The van der Waals surface area contributed by atoms with E-state index in [4.69, 9.17) is 11.6 Å². The van der Waals surface area contributed by atoms with E-state index in [2.05, 4.69) is 25.1 Å². The molecule has 0 N–H and O–H groups in total. The van der Waals surface area contributed by atoms with Crippen LogP contribution in [0.5, 0.6) is 0 Å². The molecule has 0 saturated heterocycles. The van der Waals surface area contributed by atoms with E-state index in [1.54, 1.807) is 0 Å². The fourth-order valence-corrected chi connectivity index (χ4v) is 2.88. The third-order valence-electron chi connectivity index (χ3n) is 3.52. The molecule has 0 amide bonds. The minimum absolute atomic E-state index is 0.311. The Kier molecular flexibility index (Phi) is 3.70. The summed E-state index contributed by atoms with van der Waals surface area (Å²) in [5, 5.41) is 0.907.